The molecular formula is C25H28N4O3. The highest BCUT2D eigenvalue weighted by Crippen LogP contribution is 2.25. The summed E-state index contributed by atoms with van der Waals surface area (Å²) in [5.74, 6) is 3.31. The smallest absolute Gasteiger partial charge is 0.223 e. The van der Waals surface area contributed by atoms with E-state index in [2.05, 4.69) is 9.88 Å². The highest BCUT2D eigenvalue weighted by Gasteiger charge is 2.22. The van der Waals surface area contributed by atoms with Gasteiger partial charge in [-0.1, -0.05) is 30.3 Å². The molecule has 2 heterocycles. The Morgan fingerprint density at radius 3 is 2.47 bits per heavy atom. The van der Waals surface area contributed by atoms with Crippen LogP contribution in [-0.2, 0) is 11.2 Å². The van der Waals surface area contributed by atoms with Gasteiger partial charge in [-0.05, 0) is 36.2 Å². The molecule has 1 fully saturated rings. The first-order valence-corrected chi connectivity index (χ1v) is 10.8. The molecule has 2 aromatic carbocycles. The first kappa shape index (κ1) is 21.6. The standard InChI is InChI=1S/C25H28N4O3/c1-31-21-9-10-22(32-2)20(18-21)8-11-24(30)29-16-14-28(15-17-29)23-12-13-26-25(27-23)19-6-4-3-5-7-19/h3-7,9-10,12-13,18H,8,11,14-17H2,1-2H3. The summed E-state index contributed by atoms with van der Waals surface area (Å²) in [5, 5.41) is 0. The SMILES string of the molecule is COc1ccc(OC)c(CCC(=O)N2CCN(c3ccnc(-c4ccccc4)n3)CC2)c1. The average molecular weight is 433 g/mol. The van der Waals surface area contributed by atoms with E-state index in [1.807, 2.05) is 59.5 Å². The van der Waals surface area contributed by atoms with Crippen LogP contribution in [0.25, 0.3) is 11.4 Å². The minimum Gasteiger partial charge on any atom is -0.497 e. The Bertz CT molecular complexity index is 1050. The maximum Gasteiger partial charge on any atom is 0.223 e. The van der Waals surface area contributed by atoms with E-state index in [1.54, 1.807) is 20.4 Å². The lowest BCUT2D eigenvalue weighted by Crippen LogP contribution is -2.49. The molecule has 0 radical (unpaired) electrons. The summed E-state index contributed by atoms with van der Waals surface area (Å²) in [6, 6.07) is 17.6. The fourth-order valence-corrected chi connectivity index (χ4v) is 3.91. The third kappa shape index (κ3) is 4.99. The van der Waals surface area contributed by atoms with Crippen LogP contribution in [0.15, 0.2) is 60.8 Å². The Hall–Kier alpha value is -3.61. The van der Waals surface area contributed by atoms with E-state index in [0.29, 0.717) is 31.8 Å². The van der Waals surface area contributed by atoms with Crippen molar-refractivity contribution in [1.82, 2.24) is 14.9 Å². The number of aryl methyl sites for hydroxylation is 1. The van der Waals surface area contributed by atoms with Crippen LogP contribution in [0.2, 0.25) is 0 Å². The molecule has 0 spiro atoms. The van der Waals surface area contributed by atoms with Gasteiger partial charge in [0.15, 0.2) is 5.82 Å². The van der Waals surface area contributed by atoms with Crippen molar-refractivity contribution >= 4 is 11.7 Å². The van der Waals surface area contributed by atoms with Crippen LogP contribution < -0.4 is 14.4 Å². The molecule has 1 amide bonds. The molecular weight excluding hydrogens is 404 g/mol. The maximum atomic E-state index is 12.8. The number of amides is 1. The van der Waals surface area contributed by atoms with Crippen molar-refractivity contribution in [3.8, 4) is 22.9 Å². The predicted octanol–water partition coefficient (Wildman–Crippen LogP) is 3.44. The Balaban J connectivity index is 1.34. The Labute approximate surface area is 188 Å². The van der Waals surface area contributed by atoms with Crippen LogP contribution in [-0.4, -0.2) is 61.2 Å². The highest BCUT2D eigenvalue weighted by molar-refractivity contribution is 5.77. The minimum absolute atomic E-state index is 0.155. The quantitative estimate of drug-likeness (QED) is 0.570. The third-order valence-electron chi connectivity index (χ3n) is 5.73. The Morgan fingerprint density at radius 1 is 0.969 bits per heavy atom. The number of carbonyl (C=O) groups excluding carboxylic acids is 1. The molecule has 1 aliphatic heterocycles. The normalized spacial score (nSPS) is 13.7. The third-order valence-corrected chi connectivity index (χ3v) is 5.73. The van der Waals surface area contributed by atoms with E-state index in [4.69, 9.17) is 14.5 Å². The van der Waals surface area contributed by atoms with Gasteiger partial charge in [-0.2, -0.15) is 0 Å². The van der Waals surface area contributed by atoms with Crippen LogP contribution in [0.5, 0.6) is 11.5 Å². The molecule has 4 rings (SSSR count). The van der Waals surface area contributed by atoms with Gasteiger partial charge in [0.2, 0.25) is 5.91 Å². The van der Waals surface area contributed by atoms with Gasteiger partial charge in [-0.25, -0.2) is 9.97 Å². The van der Waals surface area contributed by atoms with E-state index < -0.39 is 0 Å². The van der Waals surface area contributed by atoms with Crippen LogP contribution in [0, 0.1) is 0 Å². The summed E-state index contributed by atoms with van der Waals surface area (Å²) in [4.78, 5) is 26.1. The molecule has 3 aromatic rings. The Kier molecular flexibility index (Phi) is 6.84. The molecule has 166 valence electrons. The van der Waals surface area contributed by atoms with E-state index in [1.165, 1.54) is 0 Å². The molecule has 1 aliphatic rings. The average Bonchev–Trinajstić information content (AvgIpc) is 2.87. The number of hydrogen-bond acceptors (Lipinski definition) is 6. The van der Waals surface area contributed by atoms with Gasteiger partial charge < -0.3 is 19.3 Å². The van der Waals surface area contributed by atoms with Crippen molar-refractivity contribution in [3.05, 3.63) is 66.4 Å². The van der Waals surface area contributed by atoms with Crippen molar-refractivity contribution in [2.75, 3.05) is 45.3 Å². The fraction of sp³-hybridized carbons (Fsp3) is 0.320. The lowest BCUT2D eigenvalue weighted by Gasteiger charge is -2.35. The van der Waals surface area contributed by atoms with Gasteiger partial charge >= 0.3 is 0 Å². The molecule has 0 N–H and O–H groups in total. The molecule has 0 bridgehead atoms. The predicted molar refractivity (Wildman–Crippen MR) is 124 cm³/mol. The summed E-state index contributed by atoms with van der Waals surface area (Å²) >= 11 is 0. The van der Waals surface area contributed by atoms with Crippen molar-refractivity contribution in [2.24, 2.45) is 0 Å². The Morgan fingerprint density at radius 2 is 1.75 bits per heavy atom. The largest absolute Gasteiger partial charge is 0.497 e. The number of hydrogen-bond donors (Lipinski definition) is 0. The first-order chi connectivity index (χ1) is 15.7. The number of nitrogens with zero attached hydrogens (tertiary/aromatic N) is 4. The molecule has 7 nitrogen and oxygen atoms in total. The monoisotopic (exact) mass is 432 g/mol. The summed E-state index contributed by atoms with van der Waals surface area (Å²) in [6.45, 7) is 2.86. The van der Waals surface area contributed by atoms with Gasteiger partial charge in [0.25, 0.3) is 0 Å². The molecule has 0 aliphatic carbocycles. The highest BCUT2D eigenvalue weighted by atomic mass is 16.5. The molecule has 0 saturated carbocycles. The minimum atomic E-state index is 0.155. The lowest BCUT2D eigenvalue weighted by atomic mass is 10.1. The topological polar surface area (TPSA) is 67.8 Å². The lowest BCUT2D eigenvalue weighted by molar-refractivity contribution is -0.131. The number of methoxy groups -OCH3 is 2. The second-order valence-corrected chi connectivity index (χ2v) is 7.65. The van der Waals surface area contributed by atoms with Crippen molar-refractivity contribution < 1.29 is 14.3 Å². The van der Waals surface area contributed by atoms with Gasteiger partial charge in [-0.15, -0.1) is 0 Å². The van der Waals surface area contributed by atoms with E-state index in [9.17, 15) is 4.79 Å². The number of benzene rings is 2. The van der Waals surface area contributed by atoms with E-state index in [0.717, 1.165) is 41.5 Å². The summed E-state index contributed by atoms with van der Waals surface area (Å²) < 4.78 is 10.7. The molecule has 0 atom stereocenters. The van der Waals surface area contributed by atoms with Gasteiger partial charge in [0.05, 0.1) is 14.2 Å². The van der Waals surface area contributed by atoms with E-state index >= 15 is 0 Å². The molecule has 32 heavy (non-hydrogen) atoms. The fourth-order valence-electron chi connectivity index (χ4n) is 3.91. The van der Waals surface area contributed by atoms with Gasteiger partial charge in [0.1, 0.15) is 17.3 Å². The maximum absolute atomic E-state index is 12.8. The van der Waals surface area contributed by atoms with E-state index in [-0.39, 0.29) is 5.91 Å². The number of aromatic nitrogens is 2. The zero-order valence-corrected chi connectivity index (χ0v) is 18.5. The second kappa shape index (κ2) is 10.1. The van der Waals surface area contributed by atoms with Crippen molar-refractivity contribution in [3.63, 3.8) is 0 Å². The first-order valence-electron chi connectivity index (χ1n) is 10.8. The van der Waals surface area contributed by atoms with Gasteiger partial charge in [-0.3, -0.25) is 4.79 Å². The zero-order valence-electron chi connectivity index (χ0n) is 18.5. The molecule has 1 saturated heterocycles. The van der Waals surface area contributed by atoms with Crippen LogP contribution in [0.1, 0.15) is 12.0 Å². The number of piperazine rings is 1. The molecule has 0 unspecified atom stereocenters. The summed E-state index contributed by atoms with van der Waals surface area (Å²) in [5.41, 5.74) is 1.98. The van der Waals surface area contributed by atoms with Crippen LogP contribution in [0.4, 0.5) is 5.82 Å². The molecule has 7 heteroatoms. The van der Waals surface area contributed by atoms with Crippen LogP contribution >= 0.6 is 0 Å². The zero-order chi connectivity index (χ0) is 22.3. The number of anilines is 1. The molecule has 1 aromatic heterocycles. The van der Waals surface area contributed by atoms with Crippen molar-refractivity contribution in [2.45, 2.75) is 12.8 Å². The second-order valence-electron chi connectivity index (χ2n) is 7.65. The van der Waals surface area contributed by atoms with Crippen molar-refractivity contribution in [1.29, 1.82) is 0 Å². The number of rotatable bonds is 7. The van der Waals surface area contributed by atoms with Gasteiger partial charge in [0, 0.05) is 44.4 Å². The number of ether oxygens (including phenoxy) is 2. The summed E-state index contributed by atoms with van der Waals surface area (Å²) in [7, 11) is 3.28. The summed E-state index contributed by atoms with van der Waals surface area (Å²) in [6.07, 6.45) is 2.85. The van der Waals surface area contributed by atoms with Crippen LogP contribution in [0.3, 0.4) is 0 Å². The number of carbonyl (C=O) groups is 1.